The third kappa shape index (κ3) is 4.87. The first kappa shape index (κ1) is 18.6. The normalized spacial score (nSPS) is 10.6. The number of azo groups is 1. The Morgan fingerprint density at radius 3 is 2.35 bits per heavy atom. The summed E-state index contributed by atoms with van der Waals surface area (Å²) < 4.78 is 0. The van der Waals surface area contributed by atoms with Gasteiger partial charge in [0.2, 0.25) is 0 Å². The number of hydrogen-bond donors (Lipinski definition) is 4. The van der Waals surface area contributed by atoms with Crippen molar-refractivity contribution in [3.63, 3.8) is 0 Å². The van der Waals surface area contributed by atoms with Gasteiger partial charge in [0, 0.05) is 12.6 Å². The molecule has 2 aromatic rings. The lowest BCUT2D eigenvalue weighted by Gasteiger charge is -2.06. The number of aromatic hydroxyl groups is 1. The molecule has 2 aromatic carbocycles. The van der Waals surface area contributed by atoms with Gasteiger partial charge in [-0.2, -0.15) is 5.11 Å². The SMILES string of the molecule is O=C(O)CCNC(=O)c1ccccc1N=Nc1ccc(C(=O)O)c(O)c1. The Bertz CT molecular complexity index is 879. The maximum Gasteiger partial charge on any atom is 0.339 e. The first-order valence-electron chi connectivity index (χ1n) is 7.45. The molecule has 2 rings (SSSR count). The first-order valence-corrected chi connectivity index (χ1v) is 7.45. The largest absolute Gasteiger partial charge is 0.507 e. The summed E-state index contributed by atoms with van der Waals surface area (Å²) in [4.78, 5) is 33.5. The van der Waals surface area contributed by atoms with E-state index in [1.54, 1.807) is 18.2 Å². The van der Waals surface area contributed by atoms with Crippen molar-refractivity contribution in [2.75, 3.05) is 6.54 Å². The van der Waals surface area contributed by atoms with Crippen LogP contribution in [0.25, 0.3) is 0 Å². The number of nitrogens with one attached hydrogen (secondary N) is 1. The molecule has 0 saturated heterocycles. The van der Waals surface area contributed by atoms with Crippen molar-refractivity contribution in [2.45, 2.75) is 6.42 Å². The van der Waals surface area contributed by atoms with Crippen LogP contribution in [0.4, 0.5) is 11.4 Å². The van der Waals surface area contributed by atoms with Gasteiger partial charge in [0.1, 0.15) is 11.3 Å². The van der Waals surface area contributed by atoms with E-state index in [4.69, 9.17) is 10.2 Å². The molecule has 0 bridgehead atoms. The summed E-state index contributed by atoms with van der Waals surface area (Å²) in [6, 6.07) is 10.0. The summed E-state index contributed by atoms with van der Waals surface area (Å²) in [5, 5.41) is 37.4. The van der Waals surface area contributed by atoms with E-state index < -0.39 is 23.6 Å². The third-order valence-corrected chi connectivity index (χ3v) is 3.26. The molecule has 0 unspecified atom stereocenters. The number of carbonyl (C=O) groups is 3. The van der Waals surface area contributed by atoms with Gasteiger partial charge in [0.25, 0.3) is 5.91 Å². The van der Waals surface area contributed by atoms with Gasteiger partial charge in [-0.05, 0) is 24.3 Å². The Balaban J connectivity index is 2.18. The molecule has 0 atom stereocenters. The molecular formula is C17H15N3O6. The van der Waals surface area contributed by atoms with Crippen LogP contribution < -0.4 is 5.32 Å². The average molecular weight is 357 g/mol. The number of phenols is 1. The fourth-order valence-electron chi connectivity index (χ4n) is 2.01. The monoisotopic (exact) mass is 357 g/mol. The van der Waals surface area contributed by atoms with Crippen LogP contribution in [0.2, 0.25) is 0 Å². The van der Waals surface area contributed by atoms with Crippen molar-refractivity contribution in [3.8, 4) is 5.75 Å². The molecule has 0 radical (unpaired) electrons. The summed E-state index contributed by atoms with van der Waals surface area (Å²) in [5.74, 6) is -3.24. The molecule has 0 fully saturated rings. The number of aromatic carboxylic acids is 1. The Morgan fingerprint density at radius 2 is 1.69 bits per heavy atom. The quantitative estimate of drug-likeness (QED) is 0.560. The van der Waals surface area contributed by atoms with Gasteiger partial charge >= 0.3 is 11.9 Å². The van der Waals surface area contributed by atoms with Gasteiger partial charge in [0.15, 0.2) is 0 Å². The van der Waals surface area contributed by atoms with E-state index in [-0.39, 0.29) is 35.5 Å². The summed E-state index contributed by atoms with van der Waals surface area (Å²) in [7, 11) is 0. The predicted octanol–water partition coefficient (Wildman–Crippen LogP) is 2.71. The molecule has 4 N–H and O–H groups in total. The molecule has 26 heavy (non-hydrogen) atoms. The second-order valence-corrected chi connectivity index (χ2v) is 5.12. The minimum atomic E-state index is -1.27. The number of benzene rings is 2. The molecule has 0 aliphatic rings. The van der Waals surface area contributed by atoms with Crippen LogP contribution >= 0.6 is 0 Å². The van der Waals surface area contributed by atoms with Gasteiger partial charge in [-0.15, -0.1) is 5.11 Å². The number of carbonyl (C=O) groups excluding carboxylic acids is 1. The number of aliphatic carboxylic acids is 1. The minimum absolute atomic E-state index is 0.0236. The predicted molar refractivity (Wildman–Crippen MR) is 90.3 cm³/mol. The summed E-state index contributed by atoms with van der Waals surface area (Å²) >= 11 is 0. The van der Waals surface area contributed by atoms with E-state index in [2.05, 4.69) is 15.5 Å². The van der Waals surface area contributed by atoms with Gasteiger partial charge in [-0.1, -0.05) is 12.1 Å². The molecule has 0 aliphatic carbocycles. The number of rotatable bonds is 7. The van der Waals surface area contributed by atoms with Crippen LogP contribution in [-0.4, -0.2) is 39.7 Å². The van der Waals surface area contributed by atoms with Crippen LogP contribution in [0.3, 0.4) is 0 Å². The van der Waals surface area contributed by atoms with Crippen LogP contribution in [0.5, 0.6) is 5.75 Å². The van der Waals surface area contributed by atoms with Crippen molar-refractivity contribution in [1.29, 1.82) is 0 Å². The highest BCUT2D eigenvalue weighted by atomic mass is 16.4. The zero-order valence-corrected chi connectivity index (χ0v) is 13.4. The van der Waals surface area contributed by atoms with Crippen LogP contribution in [0.1, 0.15) is 27.1 Å². The molecule has 0 aliphatic heterocycles. The highest BCUT2D eigenvalue weighted by Crippen LogP contribution is 2.26. The van der Waals surface area contributed by atoms with Crippen LogP contribution in [0, 0.1) is 0 Å². The third-order valence-electron chi connectivity index (χ3n) is 3.26. The highest BCUT2D eigenvalue weighted by molar-refractivity contribution is 5.99. The Labute approximate surface area is 147 Å². The molecule has 134 valence electrons. The van der Waals surface area contributed by atoms with Crippen molar-refractivity contribution < 1.29 is 29.7 Å². The standard InChI is InChI=1S/C17H15N3O6/c21-14-9-10(5-6-12(14)17(25)26)19-20-13-4-2-1-3-11(13)16(24)18-8-7-15(22)23/h1-6,9,21H,7-8H2,(H,18,24)(H,22,23)(H,25,26). The first-order chi connectivity index (χ1) is 12.4. The van der Waals surface area contributed by atoms with Crippen molar-refractivity contribution in [1.82, 2.24) is 5.32 Å². The maximum absolute atomic E-state index is 12.1. The fraction of sp³-hybridized carbons (Fsp3) is 0.118. The van der Waals surface area contributed by atoms with E-state index in [9.17, 15) is 19.5 Å². The van der Waals surface area contributed by atoms with Gasteiger partial charge < -0.3 is 20.6 Å². The van der Waals surface area contributed by atoms with Crippen molar-refractivity contribution >= 4 is 29.2 Å². The maximum atomic E-state index is 12.1. The molecule has 1 amide bonds. The second kappa shape index (κ2) is 8.38. The smallest absolute Gasteiger partial charge is 0.339 e. The minimum Gasteiger partial charge on any atom is -0.507 e. The number of carboxylic acids is 2. The van der Waals surface area contributed by atoms with Crippen LogP contribution in [-0.2, 0) is 4.79 Å². The molecule has 9 nitrogen and oxygen atoms in total. The van der Waals surface area contributed by atoms with E-state index in [0.29, 0.717) is 0 Å². The number of nitrogens with zero attached hydrogens (tertiary/aromatic N) is 2. The van der Waals surface area contributed by atoms with E-state index >= 15 is 0 Å². The number of carboxylic acid groups (broad SMARTS) is 2. The highest BCUT2D eigenvalue weighted by Gasteiger charge is 2.12. The summed E-state index contributed by atoms with van der Waals surface area (Å²) in [6.07, 6.45) is -0.204. The van der Waals surface area contributed by atoms with E-state index in [1.165, 1.54) is 18.2 Å². The zero-order chi connectivity index (χ0) is 19.1. The van der Waals surface area contributed by atoms with E-state index in [1.807, 2.05) is 0 Å². The molecule has 9 heteroatoms. The zero-order valence-electron chi connectivity index (χ0n) is 13.4. The Hall–Kier alpha value is -3.75. The lowest BCUT2D eigenvalue weighted by molar-refractivity contribution is -0.136. The fourth-order valence-corrected chi connectivity index (χ4v) is 2.01. The van der Waals surface area contributed by atoms with Crippen molar-refractivity contribution in [3.05, 3.63) is 53.6 Å². The topological polar surface area (TPSA) is 149 Å². The number of hydrogen-bond acceptors (Lipinski definition) is 6. The summed E-state index contributed by atoms with van der Waals surface area (Å²) in [6.45, 7) is -0.0236. The molecule has 0 spiro atoms. The van der Waals surface area contributed by atoms with Gasteiger partial charge in [0.05, 0.1) is 23.4 Å². The Morgan fingerprint density at radius 1 is 0.962 bits per heavy atom. The second-order valence-electron chi connectivity index (χ2n) is 5.12. The molecular weight excluding hydrogens is 342 g/mol. The van der Waals surface area contributed by atoms with Crippen LogP contribution in [0.15, 0.2) is 52.7 Å². The van der Waals surface area contributed by atoms with Crippen molar-refractivity contribution in [2.24, 2.45) is 10.2 Å². The lowest BCUT2D eigenvalue weighted by Crippen LogP contribution is -2.26. The molecule has 0 heterocycles. The summed E-state index contributed by atoms with van der Waals surface area (Å²) in [5.41, 5.74) is 0.380. The molecule has 0 saturated carbocycles. The Kier molecular flexibility index (Phi) is 5.99. The average Bonchev–Trinajstić information content (AvgIpc) is 2.59. The number of amides is 1. The lowest BCUT2D eigenvalue weighted by atomic mass is 10.1. The molecule has 0 aromatic heterocycles. The van der Waals surface area contributed by atoms with E-state index in [0.717, 1.165) is 6.07 Å². The van der Waals surface area contributed by atoms with Gasteiger partial charge in [-0.3, -0.25) is 9.59 Å². The van der Waals surface area contributed by atoms with Gasteiger partial charge in [-0.25, -0.2) is 4.79 Å².